The highest BCUT2D eigenvalue weighted by molar-refractivity contribution is 5.80. The quantitative estimate of drug-likeness (QED) is 0.820. The van der Waals surface area contributed by atoms with Crippen LogP contribution in [0.3, 0.4) is 0 Å². The van der Waals surface area contributed by atoms with Crippen LogP contribution < -0.4 is 5.32 Å². The van der Waals surface area contributed by atoms with E-state index >= 15 is 0 Å². The molecule has 2 aliphatic rings. The van der Waals surface area contributed by atoms with Gasteiger partial charge in [0.15, 0.2) is 0 Å². The third-order valence-corrected chi connectivity index (χ3v) is 4.31. The Labute approximate surface area is 117 Å². The highest BCUT2D eigenvalue weighted by atomic mass is 16.2. The van der Waals surface area contributed by atoms with Crippen molar-refractivity contribution in [3.63, 3.8) is 0 Å². The predicted molar refractivity (Wildman–Crippen MR) is 77.8 cm³/mol. The first kappa shape index (κ1) is 14.8. The molecule has 0 radical (unpaired) electrons. The number of hydrogen-bond donors (Lipinski definition) is 1. The van der Waals surface area contributed by atoms with E-state index in [4.69, 9.17) is 0 Å². The molecule has 1 amide bonds. The average molecular weight is 267 g/mol. The van der Waals surface area contributed by atoms with Gasteiger partial charge in [-0.25, -0.2) is 0 Å². The highest BCUT2D eigenvalue weighted by Gasteiger charge is 2.39. The van der Waals surface area contributed by atoms with Gasteiger partial charge in [0.1, 0.15) is 0 Å². The van der Waals surface area contributed by atoms with Crippen LogP contribution in [0.4, 0.5) is 0 Å². The highest BCUT2D eigenvalue weighted by Crippen LogP contribution is 2.32. The molecular formula is C15H29N3O. The zero-order valence-corrected chi connectivity index (χ0v) is 12.9. The molecule has 1 heterocycles. The van der Waals surface area contributed by atoms with E-state index in [-0.39, 0.29) is 17.5 Å². The predicted octanol–water partition coefficient (Wildman–Crippen LogP) is 1.52. The van der Waals surface area contributed by atoms with Gasteiger partial charge in [-0.3, -0.25) is 10.1 Å². The summed E-state index contributed by atoms with van der Waals surface area (Å²) in [6.45, 7) is 6.90. The van der Waals surface area contributed by atoms with Crippen LogP contribution in [0.1, 0.15) is 39.5 Å². The molecule has 1 saturated carbocycles. The summed E-state index contributed by atoms with van der Waals surface area (Å²) in [5, 5.41) is 3.44. The molecule has 2 fully saturated rings. The lowest BCUT2D eigenvalue weighted by Crippen LogP contribution is -2.48. The monoisotopic (exact) mass is 267 g/mol. The van der Waals surface area contributed by atoms with Crippen molar-refractivity contribution in [3.8, 4) is 0 Å². The van der Waals surface area contributed by atoms with E-state index in [1.54, 1.807) is 0 Å². The molecule has 1 atom stereocenters. The molecule has 4 nitrogen and oxygen atoms in total. The molecule has 1 aliphatic carbocycles. The first-order chi connectivity index (χ1) is 8.89. The van der Waals surface area contributed by atoms with Gasteiger partial charge in [-0.2, -0.15) is 0 Å². The Morgan fingerprint density at radius 1 is 1.32 bits per heavy atom. The molecule has 110 valence electrons. The van der Waals surface area contributed by atoms with Crippen molar-refractivity contribution < 1.29 is 4.79 Å². The normalized spacial score (nSPS) is 25.8. The van der Waals surface area contributed by atoms with E-state index in [1.165, 1.54) is 25.7 Å². The zero-order chi connectivity index (χ0) is 14.0. The molecule has 19 heavy (non-hydrogen) atoms. The summed E-state index contributed by atoms with van der Waals surface area (Å²) in [7, 11) is 4.19. The average Bonchev–Trinajstić information content (AvgIpc) is 2.87. The van der Waals surface area contributed by atoms with Gasteiger partial charge in [-0.05, 0) is 38.3 Å². The van der Waals surface area contributed by atoms with Gasteiger partial charge in [0, 0.05) is 13.1 Å². The van der Waals surface area contributed by atoms with Crippen LogP contribution in [0.25, 0.3) is 0 Å². The number of carbonyl (C=O) groups excluding carboxylic acids is 1. The fourth-order valence-corrected chi connectivity index (χ4v) is 3.81. The van der Waals surface area contributed by atoms with E-state index in [0.717, 1.165) is 13.1 Å². The molecule has 0 spiro atoms. The second-order valence-corrected chi connectivity index (χ2v) is 7.29. The molecule has 4 heteroatoms. The Bertz CT molecular complexity index is 321. The van der Waals surface area contributed by atoms with Crippen molar-refractivity contribution in [3.05, 3.63) is 0 Å². The summed E-state index contributed by atoms with van der Waals surface area (Å²) in [6.07, 6.45) is 5.49. The maximum Gasteiger partial charge on any atom is 0.237 e. The Kier molecular flexibility index (Phi) is 4.51. The van der Waals surface area contributed by atoms with E-state index in [1.807, 2.05) is 0 Å². The maximum atomic E-state index is 12.2. The summed E-state index contributed by atoms with van der Waals surface area (Å²) in [6, 6.07) is 0. The van der Waals surface area contributed by atoms with Gasteiger partial charge in [0.2, 0.25) is 5.91 Å². The fraction of sp³-hybridized carbons (Fsp3) is 0.933. The number of amides is 1. The fourth-order valence-electron chi connectivity index (χ4n) is 3.81. The summed E-state index contributed by atoms with van der Waals surface area (Å²) < 4.78 is 0. The van der Waals surface area contributed by atoms with E-state index in [0.29, 0.717) is 12.5 Å². The summed E-state index contributed by atoms with van der Waals surface area (Å²) in [5.74, 6) is 0.949. The van der Waals surface area contributed by atoms with Crippen molar-refractivity contribution in [2.75, 3.05) is 33.7 Å². The summed E-state index contributed by atoms with van der Waals surface area (Å²) >= 11 is 0. The van der Waals surface area contributed by atoms with Crippen molar-refractivity contribution in [2.24, 2.45) is 11.3 Å². The smallest absolute Gasteiger partial charge is 0.237 e. The number of carbonyl (C=O) groups is 1. The minimum atomic E-state index is 0.141. The number of hydrogen-bond acceptors (Lipinski definition) is 3. The minimum absolute atomic E-state index is 0.141. The SMILES string of the molecule is CN(C)CC(C)(C)CN1C(=O)CNC1C1CCCC1. The lowest BCUT2D eigenvalue weighted by Gasteiger charge is -2.37. The lowest BCUT2D eigenvalue weighted by atomic mass is 9.91. The molecule has 2 rings (SSSR count). The molecule has 1 unspecified atom stereocenters. The molecule has 1 saturated heterocycles. The van der Waals surface area contributed by atoms with Crippen LogP contribution in [0.15, 0.2) is 0 Å². The third-order valence-electron chi connectivity index (χ3n) is 4.31. The molecule has 0 aromatic carbocycles. The largest absolute Gasteiger partial charge is 0.325 e. The molecule has 0 aromatic heterocycles. The summed E-state index contributed by atoms with van der Waals surface area (Å²) in [4.78, 5) is 16.5. The Morgan fingerprint density at radius 2 is 1.95 bits per heavy atom. The summed E-state index contributed by atoms with van der Waals surface area (Å²) in [5.41, 5.74) is 0.141. The second kappa shape index (κ2) is 5.80. The second-order valence-electron chi connectivity index (χ2n) is 7.29. The first-order valence-corrected chi connectivity index (χ1v) is 7.57. The number of nitrogens with one attached hydrogen (secondary N) is 1. The van der Waals surface area contributed by atoms with E-state index in [9.17, 15) is 4.79 Å². The van der Waals surface area contributed by atoms with Crippen LogP contribution >= 0.6 is 0 Å². The van der Waals surface area contributed by atoms with Crippen LogP contribution in [0.2, 0.25) is 0 Å². The molecular weight excluding hydrogens is 238 g/mol. The molecule has 0 bridgehead atoms. The lowest BCUT2D eigenvalue weighted by molar-refractivity contribution is -0.130. The van der Waals surface area contributed by atoms with Crippen molar-refractivity contribution >= 4 is 5.91 Å². The van der Waals surface area contributed by atoms with Crippen molar-refractivity contribution in [1.82, 2.24) is 15.1 Å². The Balaban J connectivity index is 2.00. The number of nitrogens with zero attached hydrogens (tertiary/aromatic N) is 2. The van der Waals surface area contributed by atoms with Crippen molar-refractivity contribution in [2.45, 2.75) is 45.7 Å². The van der Waals surface area contributed by atoms with Gasteiger partial charge in [-0.15, -0.1) is 0 Å². The maximum absolute atomic E-state index is 12.2. The van der Waals surface area contributed by atoms with Crippen LogP contribution in [-0.2, 0) is 4.79 Å². The van der Waals surface area contributed by atoms with Crippen LogP contribution in [-0.4, -0.2) is 55.6 Å². The molecule has 0 aromatic rings. The van der Waals surface area contributed by atoms with Crippen LogP contribution in [0.5, 0.6) is 0 Å². The third kappa shape index (κ3) is 3.69. The Hall–Kier alpha value is -0.610. The molecule has 1 aliphatic heterocycles. The van der Waals surface area contributed by atoms with Gasteiger partial charge in [0.25, 0.3) is 0 Å². The van der Waals surface area contributed by atoms with Gasteiger partial charge in [0.05, 0.1) is 12.7 Å². The van der Waals surface area contributed by atoms with Crippen LogP contribution in [0, 0.1) is 11.3 Å². The van der Waals surface area contributed by atoms with Gasteiger partial charge < -0.3 is 9.80 Å². The van der Waals surface area contributed by atoms with E-state index < -0.39 is 0 Å². The zero-order valence-electron chi connectivity index (χ0n) is 12.9. The minimum Gasteiger partial charge on any atom is -0.325 e. The van der Waals surface area contributed by atoms with Gasteiger partial charge >= 0.3 is 0 Å². The Morgan fingerprint density at radius 3 is 2.53 bits per heavy atom. The van der Waals surface area contributed by atoms with E-state index in [2.05, 4.69) is 43.1 Å². The van der Waals surface area contributed by atoms with Gasteiger partial charge in [-0.1, -0.05) is 26.7 Å². The first-order valence-electron chi connectivity index (χ1n) is 7.57. The number of rotatable bonds is 5. The van der Waals surface area contributed by atoms with Crippen molar-refractivity contribution in [1.29, 1.82) is 0 Å². The molecule has 1 N–H and O–H groups in total. The standard InChI is InChI=1S/C15H29N3O/c1-15(2,10-17(3)4)11-18-13(19)9-16-14(18)12-7-5-6-8-12/h12,14,16H,5-11H2,1-4H3. The topological polar surface area (TPSA) is 35.6 Å².